The van der Waals surface area contributed by atoms with Crippen molar-refractivity contribution >= 4 is 0 Å². The van der Waals surface area contributed by atoms with Gasteiger partial charge >= 0.3 is 0 Å². The van der Waals surface area contributed by atoms with Gasteiger partial charge in [-0.05, 0) is 32.7 Å². The molecule has 0 aromatic heterocycles. The highest BCUT2D eigenvalue weighted by molar-refractivity contribution is 4.88. The van der Waals surface area contributed by atoms with Crippen LogP contribution in [0.4, 0.5) is 0 Å². The molecule has 4 nitrogen and oxygen atoms in total. The van der Waals surface area contributed by atoms with Crippen molar-refractivity contribution in [2.45, 2.75) is 45.4 Å². The first-order valence-electron chi connectivity index (χ1n) is 7.41. The number of hydrogen-bond acceptors (Lipinski definition) is 4. The summed E-state index contributed by atoms with van der Waals surface area (Å²) in [5.41, 5.74) is 5.90. The summed E-state index contributed by atoms with van der Waals surface area (Å²) in [6.07, 6.45) is 1.64. The molecule has 2 heterocycles. The fourth-order valence-corrected chi connectivity index (χ4v) is 3.28. The molecule has 0 spiro atoms. The molecule has 0 saturated carbocycles. The zero-order chi connectivity index (χ0) is 13.1. The van der Waals surface area contributed by atoms with Crippen LogP contribution in [0.3, 0.4) is 0 Å². The molecule has 2 aliphatic rings. The molecule has 3 unspecified atom stereocenters. The highest BCUT2D eigenvalue weighted by atomic mass is 16.5. The van der Waals surface area contributed by atoms with Gasteiger partial charge in [0.1, 0.15) is 0 Å². The normalized spacial score (nSPS) is 35.5. The highest BCUT2D eigenvalue weighted by Gasteiger charge is 2.33. The Kier molecular flexibility index (Phi) is 5.01. The van der Waals surface area contributed by atoms with Gasteiger partial charge < -0.3 is 10.5 Å². The number of hydrogen-bond donors (Lipinski definition) is 1. The van der Waals surface area contributed by atoms with Crippen LogP contribution < -0.4 is 5.73 Å². The minimum atomic E-state index is 0.362. The van der Waals surface area contributed by atoms with Gasteiger partial charge in [-0.3, -0.25) is 9.80 Å². The summed E-state index contributed by atoms with van der Waals surface area (Å²) >= 11 is 0. The summed E-state index contributed by atoms with van der Waals surface area (Å²) in [6, 6.07) is 1.18. The first-order chi connectivity index (χ1) is 8.61. The molecule has 2 N–H and O–H groups in total. The predicted molar refractivity (Wildman–Crippen MR) is 74.6 cm³/mol. The van der Waals surface area contributed by atoms with E-state index < -0.39 is 0 Å². The topological polar surface area (TPSA) is 41.7 Å². The van der Waals surface area contributed by atoms with E-state index in [9.17, 15) is 0 Å². The minimum absolute atomic E-state index is 0.362. The summed E-state index contributed by atoms with van der Waals surface area (Å²) in [4.78, 5) is 5.06. The number of likely N-dealkylation sites (tertiary alicyclic amines) is 1. The minimum Gasteiger partial charge on any atom is -0.374 e. The van der Waals surface area contributed by atoms with Crippen LogP contribution >= 0.6 is 0 Å². The summed E-state index contributed by atoms with van der Waals surface area (Å²) in [5.74, 6) is 0.736. The lowest BCUT2D eigenvalue weighted by molar-refractivity contribution is -0.0538. The Hall–Kier alpha value is -0.160. The van der Waals surface area contributed by atoms with E-state index in [0.29, 0.717) is 18.2 Å². The number of nitrogens with zero attached hydrogens (tertiary/aromatic N) is 2. The molecule has 106 valence electrons. The van der Waals surface area contributed by atoms with E-state index >= 15 is 0 Å². The molecular weight excluding hydrogens is 226 g/mol. The quantitative estimate of drug-likeness (QED) is 0.805. The van der Waals surface area contributed by atoms with E-state index in [-0.39, 0.29) is 0 Å². The van der Waals surface area contributed by atoms with Crippen molar-refractivity contribution in [3.05, 3.63) is 0 Å². The maximum absolute atomic E-state index is 5.92. The zero-order valence-electron chi connectivity index (χ0n) is 12.1. The van der Waals surface area contributed by atoms with Gasteiger partial charge in [0.15, 0.2) is 0 Å². The monoisotopic (exact) mass is 255 g/mol. The lowest BCUT2D eigenvalue weighted by Gasteiger charge is -2.38. The molecule has 2 fully saturated rings. The van der Waals surface area contributed by atoms with Crippen LogP contribution in [-0.4, -0.2) is 67.3 Å². The van der Waals surface area contributed by atoms with E-state index in [2.05, 4.69) is 30.6 Å². The number of rotatable bonds is 4. The fraction of sp³-hybridized carbons (Fsp3) is 1.00. The van der Waals surface area contributed by atoms with Gasteiger partial charge in [-0.15, -0.1) is 0 Å². The Morgan fingerprint density at radius 1 is 1.33 bits per heavy atom. The molecule has 2 aliphatic heterocycles. The van der Waals surface area contributed by atoms with Gasteiger partial charge in [-0.1, -0.05) is 6.92 Å². The molecule has 0 amide bonds. The second kappa shape index (κ2) is 6.33. The Morgan fingerprint density at radius 3 is 2.78 bits per heavy atom. The SMILES string of the molecule is CC1CCN(CC2CN(C(C)C)CCO2)C1CN. The van der Waals surface area contributed by atoms with Crippen LogP contribution in [0.2, 0.25) is 0 Å². The lowest BCUT2D eigenvalue weighted by atomic mass is 10.0. The molecule has 0 aromatic rings. The van der Waals surface area contributed by atoms with Crippen LogP contribution in [0, 0.1) is 5.92 Å². The highest BCUT2D eigenvalue weighted by Crippen LogP contribution is 2.24. The third-order valence-electron chi connectivity index (χ3n) is 4.58. The van der Waals surface area contributed by atoms with Gasteiger partial charge in [-0.25, -0.2) is 0 Å². The molecular formula is C14H29N3O. The summed E-state index contributed by atoms with van der Waals surface area (Å²) in [6.45, 7) is 12.9. The predicted octanol–water partition coefficient (Wildman–Crippen LogP) is 0.765. The van der Waals surface area contributed by atoms with E-state index in [1.165, 1.54) is 13.0 Å². The molecule has 0 aliphatic carbocycles. The lowest BCUT2D eigenvalue weighted by Crippen LogP contribution is -2.51. The maximum atomic E-state index is 5.92. The van der Waals surface area contributed by atoms with Crippen LogP contribution in [0.5, 0.6) is 0 Å². The summed E-state index contributed by atoms with van der Waals surface area (Å²) in [7, 11) is 0. The molecule has 0 aromatic carbocycles. The number of nitrogens with two attached hydrogens (primary N) is 1. The van der Waals surface area contributed by atoms with Crippen LogP contribution in [0.1, 0.15) is 27.2 Å². The molecule has 4 heteroatoms. The average molecular weight is 255 g/mol. The van der Waals surface area contributed by atoms with Crippen molar-refractivity contribution in [1.82, 2.24) is 9.80 Å². The summed E-state index contributed by atoms with van der Waals surface area (Å²) in [5, 5.41) is 0. The smallest absolute Gasteiger partial charge is 0.0829 e. The maximum Gasteiger partial charge on any atom is 0.0829 e. The standard InChI is InChI=1S/C14H29N3O/c1-11(2)16-6-7-18-13(9-16)10-17-5-4-12(3)14(17)8-15/h11-14H,4-10,15H2,1-3H3. The van der Waals surface area contributed by atoms with Gasteiger partial charge in [0, 0.05) is 38.3 Å². The average Bonchev–Trinajstić information content (AvgIpc) is 2.70. The first kappa shape index (κ1) is 14.3. The second-order valence-corrected chi connectivity index (χ2v) is 6.15. The third kappa shape index (κ3) is 3.23. The van der Waals surface area contributed by atoms with E-state index in [1.54, 1.807) is 0 Å². The van der Waals surface area contributed by atoms with Gasteiger partial charge in [0.05, 0.1) is 12.7 Å². The number of morpholine rings is 1. The van der Waals surface area contributed by atoms with Crippen LogP contribution in [0.25, 0.3) is 0 Å². The van der Waals surface area contributed by atoms with Crippen molar-refractivity contribution < 1.29 is 4.74 Å². The molecule has 18 heavy (non-hydrogen) atoms. The second-order valence-electron chi connectivity index (χ2n) is 6.15. The first-order valence-corrected chi connectivity index (χ1v) is 7.41. The Morgan fingerprint density at radius 2 is 2.11 bits per heavy atom. The van der Waals surface area contributed by atoms with Crippen LogP contribution in [-0.2, 0) is 4.74 Å². The molecule has 2 saturated heterocycles. The van der Waals surface area contributed by atoms with Crippen molar-refractivity contribution in [2.75, 3.05) is 39.3 Å². The van der Waals surface area contributed by atoms with Gasteiger partial charge in [0.2, 0.25) is 0 Å². The Labute approximate surface area is 111 Å². The molecule has 0 bridgehead atoms. The largest absolute Gasteiger partial charge is 0.374 e. The Balaban J connectivity index is 1.85. The van der Waals surface area contributed by atoms with Crippen molar-refractivity contribution in [1.29, 1.82) is 0 Å². The fourth-order valence-electron chi connectivity index (χ4n) is 3.28. The Bertz CT molecular complexity index is 259. The van der Waals surface area contributed by atoms with Crippen molar-refractivity contribution in [3.63, 3.8) is 0 Å². The molecule has 2 rings (SSSR count). The van der Waals surface area contributed by atoms with Gasteiger partial charge in [0.25, 0.3) is 0 Å². The van der Waals surface area contributed by atoms with Gasteiger partial charge in [-0.2, -0.15) is 0 Å². The van der Waals surface area contributed by atoms with Crippen LogP contribution in [0.15, 0.2) is 0 Å². The van der Waals surface area contributed by atoms with E-state index in [0.717, 1.165) is 38.7 Å². The molecule has 3 atom stereocenters. The van der Waals surface area contributed by atoms with E-state index in [1.807, 2.05) is 0 Å². The molecule has 0 radical (unpaired) electrons. The van der Waals surface area contributed by atoms with Crippen molar-refractivity contribution in [2.24, 2.45) is 11.7 Å². The summed E-state index contributed by atoms with van der Waals surface area (Å²) < 4.78 is 5.92. The third-order valence-corrected chi connectivity index (χ3v) is 4.58. The van der Waals surface area contributed by atoms with E-state index in [4.69, 9.17) is 10.5 Å². The number of ether oxygens (including phenoxy) is 1. The van der Waals surface area contributed by atoms with Crippen molar-refractivity contribution in [3.8, 4) is 0 Å². The zero-order valence-corrected chi connectivity index (χ0v) is 12.1.